The second-order valence-electron chi connectivity index (χ2n) is 9.21. The van der Waals surface area contributed by atoms with Crippen molar-refractivity contribution in [3.05, 3.63) is 82.2 Å². The van der Waals surface area contributed by atoms with Gasteiger partial charge < -0.3 is 14.8 Å². The first-order valence-electron chi connectivity index (χ1n) is 10.8. The summed E-state index contributed by atoms with van der Waals surface area (Å²) in [5, 5.41) is 13.2. The third-order valence-electron chi connectivity index (χ3n) is 6.16. The van der Waals surface area contributed by atoms with E-state index in [1.54, 1.807) is 7.11 Å². The molecule has 1 atom stereocenters. The largest absolute Gasteiger partial charge is 0.496 e. The lowest BCUT2D eigenvalue weighted by Crippen LogP contribution is -2.36. The molecule has 0 aromatic heterocycles. The van der Waals surface area contributed by atoms with Gasteiger partial charge in [0, 0.05) is 29.0 Å². The van der Waals surface area contributed by atoms with Crippen LogP contribution in [0.25, 0.3) is 0 Å². The van der Waals surface area contributed by atoms with Gasteiger partial charge in [-0.3, -0.25) is 4.79 Å². The Morgan fingerprint density at radius 2 is 1.84 bits per heavy atom. The predicted molar refractivity (Wildman–Crippen MR) is 123 cm³/mol. The van der Waals surface area contributed by atoms with Crippen molar-refractivity contribution in [2.45, 2.75) is 46.1 Å². The number of nitriles is 1. The third-order valence-corrected chi connectivity index (χ3v) is 6.16. The number of ketones is 1. The topological polar surface area (TPSA) is 71.3 Å². The molecule has 2 aromatic carbocycles. The van der Waals surface area contributed by atoms with Crippen molar-refractivity contribution in [1.82, 2.24) is 5.32 Å². The van der Waals surface area contributed by atoms with Crippen molar-refractivity contribution in [3.8, 4) is 17.6 Å². The van der Waals surface area contributed by atoms with Crippen LogP contribution in [0.5, 0.6) is 11.5 Å². The number of methoxy groups -OCH3 is 1. The van der Waals surface area contributed by atoms with E-state index in [0.717, 1.165) is 46.0 Å². The average Bonchev–Trinajstić information content (AvgIpc) is 2.76. The lowest BCUT2D eigenvalue weighted by Gasteiger charge is -2.38. The molecule has 5 heteroatoms. The maximum Gasteiger partial charge on any atom is 0.162 e. The normalized spacial score (nSPS) is 19.7. The standard InChI is InChI=1S/C27H28N2O3/c1-17-21(15-28)25(26-22(29-17)13-27(2,3)14-23(26)30)18-9-11-20(12-10-18)32-16-19-7-5-6-8-24(19)31-4/h5-12,25,29H,13-14,16H2,1-4H3. The van der Waals surface area contributed by atoms with E-state index in [1.807, 2.05) is 55.5 Å². The van der Waals surface area contributed by atoms with Gasteiger partial charge in [-0.15, -0.1) is 0 Å². The van der Waals surface area contributed by atoms with Gasteiger partial charge in [-0.25, -0.2) is 0 Å². The Balaban J connectivity index is 1.61. The van der Waals surface area contributed by atoms with Crippen molar-refractivity contribution in [2.75, 3.05) is 7.11 Å². The maximum atomic E-state index is 13.1. The Kier molecular flexibility index (Phi) is 5.80. The number of allylic oxidation sites excluding steroid dienone is 4. The second kappa shape index (κ2) is 8.55. The molecular weight excluding hydrogens is 400 g/mol. The number of nitrogens with one attached hydrogen (secondary N) is 1. The smallest absolute Gasteiger partial charge is 0.162 e. The molecule has 1 heterocycles. The van der Waals surface area contributed by atoms with Gasteiger partial charge in [-0.1, -0.05) is 44.2 Å². The van der Waals surface area contributed by atoms with Crippen LogP contribution < -0.4 is 14.8 Å². The Morgan fingerprint density at radius 1 is 1.12 bits per heavy atom. The summed E-state index contributed by atoms with van der Waals surface area (Å²) >= 11 is 0. The van der Waals surface area contributed by atoms with Gasteiger partial charge in [0.1, 0.15) is 18.1 Å². The molecule has 2 aliphatic rings. The van der Waals surface area contributed by atoms with Crippen molar-refractivity contribution >= 4 is 5.78 Å². The number of hydrogen-bond acceptors (Lipinski definition) is 5. The molecule has 0 bridgehead atoms. The Labute approximate surface area is 189 Å². The molecule has 4 rings (SSSR count). The van der Waals surface area contributed by atoms with Crippen LogP contribution in [0.3, 0.4) is 0 Å². The molecule has 0 saturated heterocycles. The highest BCUT2D eigenvalue weighted by Gasteiger charge is 2.41. The molecule has 0 radical (unpaired) electrons. The van der Waals surface area contributed by atoms with Crippen LogP contribution in [0.4, 0.5) is 0 Å². The first kappa shape index (κ1) is 21.7. The average molecular weight is 429 g/mol. The van der Waals surface area contributed by atoms with Crippen LogP contribution in [-0.2, 0) is 11.4 Å². The van der Waals surface area contributed by atoms with Gasteiger partial charge in [0.25, 0.3) is 0 Å². The lowest BCUT2D eigenvalue weighted by molar-refractivity contribution is -0.118. The van der Waals surface area contributed by atoms with E-state index in [2.05, 4.69) is 25.2 Å². The Hall–Kier alpha value is -3.52. The minimum Gasteiger partial charge on any atom is -0.496 e. The monoisotopic (exact) mass is 428 g/mol. The zero-order valence-corrected chi connectivity index (χ0v) is 19.0. The van der Waals surface area contributed by atoms with Crippen molar-refractivity contribution in [3.63, 3.8) is 0 Å². The number of hydrogen-bond donors (Lipinski definition) is 1. The molecule has 1 unspecified atom stereocenters. The summed E-state index contributed by atoms with van der Waals surface area (Å²) in [6, 6.07) is 17.8. The van der Waals surface area contributed by atoms with Crippen LogP contribution in [0.2, 0.25) is 0 Å². The fraction of sp³-hybridized carbons (Fsp3) is 0.333. The number of nitrogens with zero attached hydrogens (tertiary/aromatic N) is 1. The Bertz CT molecular complexity index is 1150. The summed E-state index contributed by atoms with van der Waals surface area (Å²) in [6.45, 7) is 6.52. The molecule has 0 spiro atoms. The first-order valence-corrected chi connectivity index (χ1v) is 10.8. The minimum atomic E-state index is -0.344. The molecule has 32 heavy (non-hydrogen) atoms. The predicted octanol–water partition coefficient (Wildman–Crippen LogP) is 5.40. The fourth-order valence-corrected chi connectivity index (χ4v) is 4.66. The second-order valence-corrected chi connectivity index (χ2v) is 9.21. The maximum absolute atomic E-state index is 13.1. The van der Waals surface area contributed by atoms with Gasteiger partial charge in [0.2, 0.25) is 0 Å². The summed E-state index contributed by atoms with van der Waals surface area (Å²) in [6.07, 6.45) is 1.28. The van der Waals surface area contributed by atoms with Gasteiger partial charge in [-0.05, 0) is 42.5 Å². The van der Waals surface area contributed by atoms with Crippen molar-refractivity contribution in [1.29, 1.82) is 5.26 Å². The summed E-state index contributed by atoms with van der Waals surface area (Å²) < 4.78 is 11.3. The van der Waals surface area contributed by atoms with Crippen molar-refractivity contribution < 1.29 is 14.3 Å². The highest BCUT2D eigenvalue weighted by Crippen LogP contribution is 2.46. The molecule has 0 amide bonds. The summed E-state index contributed by atoms with van der Waals surface area (Å²) in [5.74, 6) is 1.28. The molecule has 1 N–H and O–H groups in total. The van der Waals surface area contributed by atoms with Crippen LogP contribution in [-0.4, -0.2) is 12.9 Å². The number of carbonyl (C=O) groups is 1. The number of benzene rings is 2. The molecule has 0 saturated carbocycles. The number of Topliss-reactive ketones (excluding diaryl/α,β-unsaturated/α-hetero) is 1. The number of carbonyl (C=O) groups excluding carboxylic acids is 1. The lowest BCUT2D eigenvalue weighted by atomic mass is 9.69. The number of ether oxygens (including phenoxy) is 2. The third kappa shape index (κ3) is 4.13. The zero-order valence-electron chi connectivity index (χ0n) is 19.0. The van der Waals surface area contributed by atoms with Crippen LogP contribution in [0, 0.1) is 16.7 Å². The summed E-state index contributed by atoms with van der Waals surface area (Å²) in [4.78, 5) is 13.1. The van der Waals surface area contributed by atoms with E-state index in [4.69, 9.17) is 9.47 Å². The van der Waals surface area contributed by atoms with E-state index in [0.29, 0.717) is 18.6 Å². The molecule has 164 valence electrons. The van der Waals surface area contributed by atoms with Crippen molar-refractivity contribution in [2.24, 2.45) is 5.41 Å². The highest BCUT2D eigenvalue weighted by molar-refractivity contribution is 6.00. The van der Waals surface area contributed by atoms with Gasteiger partial charge in [0.15, 0.2) is 5.78 Å². The molecule has 0 fully saturated rings. The highest BCUT2D eigenvalue weighted by atomic mass is 16.5. The number of rotatable bonds is 5. The number of para-hydroxylation sites is 1. The summed E-state index contributed by atoms with van der Waals surface area (Å²) in [5.41, 5.74) is 4.89. The van der Waals surface area contributed by atoms with Gasteiger partial charge in [-0.2, -0.15) is 5.26 Å². The quantitative estimate of drug-likeness (QED) is 0.690. The van der Waals surface area contributed by atoms with Crippen LogP contribution >= 0.6 is 0 Å². The molecule has 1 aliphatic heterocycles. The Morgan fingerprint density at radius 3 is 2.53 bits per heavy atom. The molecule has 1 aliphatic carbocycles. The number of dihydropyridines is 1. The van der Waals surface area contributed by atoms with E-state index < -0.39 is 0 Å². The first-order chi connectivity index (χ1) is 15.3. The van der Waals surface area contributed by atoms with E-state index in [1.165, 1.54) is 0 Å². The van der Waals surface area contributed by atoms with E-state index in [-0.39, 0.29) is 17.1 Å². The molecule has 5 nitrogen and oxygen atoms in total. The minimum absolute atomic E-state index is 0.0892. The van der Waals surface area contributed by atoms with Crippen LogP contribution in [0.1, 0.15) is 50.7 Å². The fourth-order valence-electron chi connectivity index (χ4n) is 4.66. The van der Waals surface area contributed by atoms with Crippen LogP contribution in [0.15, 0.2) is 71.1 Å². The van der Waals surface area contributed by atoms with E-state index >= 15 is 0 Å². The van der Waals surface area contributed by atoms with Gasteiger partial charge in [0.05, 0.1) is 24.7 Å². The van der Waals surface area contributed by atoms with E-state index in [9.17, 15) is 10.1 Å². The molecular formula is C27H28N2O3. The SMILES string of the molecule is COc1ccccc1COc1ccc(C2C(C#N)=C(C)NC3=C2C(=O)CC(C)(C)C3)cc1. The zero-order chi connectivity index (χ0) is 22.9. The molecule has 2 aromatic rings. The van der Waals surface area contributed by atoms with Gasteiger partial charge >= 0.3 is 0 Å². The summed E-state index contributed by atoms with van der Waals surface area (Å²) in [7, 11) is 1.64.